The maximum absolute atomic E-state index is 12.1. The molecule has 0 aromatic rings. The highest BCUT2D eigenvalue weighted by Crippen LogP contribution is 2.19. The molecule has 0 aromatic carbocycles. The molecule has 0 fully saturated rings. The van der Waals surface area contributed by atoms with Crippen molar-refractivity contribution in [1.29, 1.82) is 0 Å². The van der Waals surface area contributed by atoms with Crippen LogP contribution in [0.25, 0.3) is 0 Å². The monoisotopic (exact) mass is 726 g/mol. The Bertz CT molecular complexity index is 789. The first-order chi connectivity index (χ1) is 23.1. The fraction of sp³-hybridized carbons (Fsp3) is 0.886. The van der Waals surface area contributed by atoms with Gasteiger partial charge in [-0.1, -0.05) is 35.1 Å². The van der Waals surface area contributed by atoms with Gasteiger partial charge in [0, 0.05) is 38.2 Å². The third kappa shape index (κ3) is 42.5. The lowest BCUT2D eigenvalue weighted by molar-refractivity contribution is -0.191. The van der Waals surface area contributed by atoms with E-state index in [1.54, 1.807) is 11.8 Å². The van der Waals surface area contributed by atoms with Crippen molar-refractivity contribution in [2.24, 2.45) is 5.92 Å². The van der Waals surface area contributed by atoms with Crippen LogP contribution in [-0.4, -0.2) is 140 Å². The molecule has 13 nitrogen and oxygen atoms in total. The molecule has 49 heavy (non-hydrogen) atoms. The molecule has 0 aliphatic heterocycles. The van der Waals surface area contributed by atoms with Gasteiger partial charge in [-0.25, -0.2) is 0 Å². The SMILES string of the molecule is C.CC(C)SC(C)C(=O)CCCC(=O)CCCOCCOCCOCCOCCOCCOCCOCCOCCC(=O)C(C)C.O=C=O. The molecule has 0 saturated carbocycles. The first-order valence-electron chi connectivity index (χ1n) is 17.0. The van der Waals surface area contributed by atoms with Gasteiger partial charge in [-0.3, -0.25) is 14.4 Å². The summed E-state index contributed by atoms with van der Waals surface area (Å²) < 4.78 is 43.6. The Morgan fingerprint density at radius 2 is 0.796 bits per heavy atom. The maximum Gasteiger partial charge on any atom is 0.373 e. The van der Waals surface area contributed by atoms with Crippen LogP contribution in [0.2, 0.25) is 0 Å². The third-order valence-electron chi connectivity index (χ3n) is 6.29. The van der Waals surface area contributed by atoms with Gasteiger partial charge < -0.3 is 37.9 Å². The van der Waals surface area contributed by atoms with Crippen molar-refractivity contribution < 1.29 is 61.9 Å². The van der Waals surface area contributed by atoms with E-state index in [0.29, 0.717) is 149 Å². The number of ether oxygens (including phenoxy) is 8. The van der Waals surface area contributed by atoms with E-state index < -0.39 is 0 Å². The second-order valence-electron chi connectivity index (χ2n) is 11.1. The number of rotatable bonds is 36. The number of hydrogen-bond acceptors (Lipinski definition) is 14. The Morgan fingerprint density at radius 1 is 0.469 bits per heavy atom. The highest BCUT2D eigenvalue weighted by Gasteiger charge is 2.15. The first-order valence-corrected chi connectivity index (χ1v) is 17.9. The highest BCUT2D eigenvalue weighted by molar-refractivity contribution is 8.01. The van der Waals surface area contributed by atoms with E-state index in [9.17, 15) is 14.4 Å². The summed E-state index contributed by atoms with van der Waals surface area (Å²) >= 11 is 1.67. The van der Waals surface area contributed by atoms with E-state index in [-0.39, 0.29) is 42.1 Å². The molecule has 0 heterocycles. The van der Waals surface area contributed by atoms with Gasteiger partial charge in [0.2, 0.25) is 0 Å². The molecule has 0 rings (SSSR count). The van der Waals surface area contributed by atoms with Crippen molar-refractivity contribution in [3.63, 3.8) is 0 Å². The normalized spacial score (nSPS) is 11.5. The fourth-order valence-corrected chi connectivity index (χ4v) is 4.83. The van der Waals surface area contributed by atoms with Crippen LogP contribution in [0.1, 0.15) is 80.6 Å². The van der Waals surface area contributed by atoms with E-state index in [1.807, 2.05) is 20.8 Å². The molecule has 1 unspecified atom stereocenters. The summed E-state index contributed by atoms with van der Waals surface area (Å²) in [5.41, 5.74) is 0. The predicted molar refractivity (Wildman–Crippen MR) is 188 cm³/mol. The summed E-state index contributed by atoms with van der Waals surface area (Å²) in [6, 6.07) is 0. The van der Waals surface area contributed by atoms with Crippen LogP contribution in [0.5, 0.6) is 0 Å². The van der Waals surface area contributed by atoms with Crippen LogP contribution in [0.3, 0.4) is 0 Å². The molecule has 0 spiro atoms. The number of thioether (sulfide) groups is 1. The molecule has 290 valence electrons. The summed E-state index contributed by atoms with van der Waals surface area (Å²) in [5, 5.41) is 0.433. The number of ketones is 3. The average Bonchev–Trinajstić information content (AvgIpc) is 3.04. The molecule has 0 saturated heterocycles. The van der Waals surface area contributed by atoms with Crippen molar-refractivity contribution in [2.75, 3.05) is 106 Å². The van der Waals surface area contributed by atoms with Crippen LogP contribution >= 0.6 is 11.8 Å². The Morgan fingerprint density at radius 3 is 1.14 bits per heavy atom. The first kappa shape index (κ1) is 51.8. The second-order valence-corrected chi connectivity index (χ2v) is 13.1. The van der Waals surface area contributed by atoms with Gasteiger partial charge in [-0.15, -0.1) is 11.8 Å². The van der Waals surface area contributed by atoms with Crippen LogP contribution in [0.4, 0.5) is 0 Å². The lowest BCUT2D eigenvalue weighted by atomic mass is 10.1. The van der Waals surface area contributed by atoms with Crippen molar-refractivity contribution in [3.8, 4) is 0 Å². The minimum absolute atomic E-state index is 0. The fourth-order valence-electron chi connectivity index (χ4n) is 3.75. The average molecular weight is 727 g/mol. The Labute approximate surface area is 299 Å². The van der Waals surface area contributed by atoms with Crippen molar-refractivity contribution >= 4 is 35.3 Å². The van der Waals surface area contributed by atoms with Crippen molar-refractivity contribution in [3.05, 3.63) is 0 Å². The van der Waals surface area contributed by atoms with Gasteiger partial charge in [0.1, 0.15) is 17.3 Å². The molecule has 0 radical (unpaired) electrons. The molecule has 0 aromatic heterocycles. The molecule has 0 bridgehead atoms. The van der Waals surface area contributed by atoms with E-state index >= 15 is 0 Å². The molecule has 0 amide bonds. The minimum atomic E-state index is 0. The largest absolute Gasteiger partial charge is 0.379 e. The van der Waals surface area contributed by atoms with Crippen LogP contribution in [0, 0.1) is 5.92 Å². The van der Waals surface area contributed by atoms with E-state index in [2.05, 4.69) is 13.8 Å². The van der Waals surface area contributed by atoms with E-state index in [0.717, 1.165) is 0 Å². The molecule has 0 N–H and O–H groups in total. The second kappa shape index (κ2) is 40.8. The highest BCUT2D eigenvalue weighted by atomic mass is 32.2. The van der Waals surface area contributed by atoms with Gasteiger partial charge in [-0.05, 0) is 25.0 Å². The quantitative estimate of drug-likeness (QED) is 0.0836. The zero-order valence-electron chi connectivity index (χ0n) is 30.0. The summed E-state index contributed by atoms with van der Waals surface area (Å²) in [6.45, 7) is 17.7. The number of carbonyl (C=O) groups is 3. The Kier molecular flexibility index (Phi) is 43.2. The maximum atomic E-state index is 12.1. The molecule has 0 aliphatic carbocycles. The van der Waals surface area contributed by atoms with Gasteiger partial charge in [0.25, 0.3) is 0 Å². The minimum Gasteiger partial charge on any atom is -0.379 e. The van der Waals surface area contributed by atoms with Crippen LogP contribution in [0.15, 0.2) is 0 Å². The zero-order valence-corrected chi connectivity index (χ0v) is 30.8. The third-order valence-corrected chi connectivity index (χ3v) is 7.51. The molecule has 0 aliphatic rings. The Hall–Kier alpha value is -1.58. The molecular weight excluding hydrogens is 660 g/mol. The topological polar surface area (TPSA) is 159 Å². The number of Topliss-reactive ketones (excluding diaryl/α,β-unsaturated/α-hetero) is 3. The molecule has 14 heteroatoms. The van der Waals surface area contributed by atoms with E-state index in [1.165, 1.54) is 0 Å². The predicted octanol–water partition coefficient (Wildman–Crippen LogP) is 4.41. The van der Waals surface area contributed by atoms with Crippen LogP contribution in [-0.2, 0) is 61.9 Å². The van der Waals surface area contributed by atoms with Gasteiger partial charge in [0.15, 0.2) is 0 Å². The van der Waals surface area contributed by atoms with Crippen molar-refractivity contribution in [1.82, 2.24) is 0 Å². The number of hydrogen-bond donors (Lipinski definition) is 0. The lowest BCUT2D eigenvalue weighted by Crippen LogP contribution is -2.15. The lowest BCUT2D eigenvalue weighted by Gasteiger charge is -2.12. The summed E-state index contributed by atoms with van der Waals surface area (Å²) in [5.74, 6) is 0.694. The summed E-state index contributed by atoms with van der Waals surface area (Å²) in [4.78, 5) is 51.8. The van der Waals surface area contributed by atoms with Gasteiger partial charge in [0.05, 0.1) is 104 Å². The summed E-state index contributed by atoms with van der Waals surface area (Å²) in [7, 11) is 0. The molecule has 1 atom stereocenters. The number of carbonyl (C=O) groups excluding carboxylic acids is 5. The smallest absolute Gasteiger partial charge is 0.373 e. The zero-order chi connectivity index (χ0) is 36.1. The summed E-state index contributed by atoms with van der Waals surface area (Å²) in [6.07, 6.45) is 3.45. The van der Waals surface area contributed by atoms with E-state index in [4.69, 9.17) is 47.5 Å². The van der Waals surface area contributed by atoms with Crippen LogP contribution < -0.4 is 0 Å². The van der Waals surface area contributed by atoms with Crippen molar-refractivity contribution in [2.45, 2.75) is 91.1 Å². The standard InChI is InChI=1S/C33H62O11S.CO2.CH4/c1-28(2)32(35)11-13-38-15-17-40-19-21-42-23-25-44-27-26-43-24-22-41-20-18-39-16-14-37-12-7-9-31(34)8-6-10-33(36)30(5)45-29(3)4;2-1-3;/h28-30H,6-27H2,1-5H3;;1H4. The Balaban J connectivity index is -0.00000508. The molecular formula is C35H66O13S. The van der Waals surface area contributed by atoms with Gasteiger partial charge in [-0.2, -0.15) is 9.59 Å². The van der Waals surface area contributed by atoms with Gasteiger partial charge >= 0.3 is 6.15 Å².